The highest BCUT2D eigenvalue weighted by atomic mass is 16.5. The van der Waals surface area contributed by atoms with Crippen LogP contribution in [0.15, 0.2) is 96.2 Å². The number of rotatable bonds is 18. The molecule has 0 bridgehead atoms. The fourth-order valence-corrected chi connectivity index (χ4v) is 6.69. The number of carbonyl (C=O) groups is 3. The lowest BCUT2D eigenvalue weighted by atomic mass is 9.95. The van der Waals surface area contributed by atoms with E-state index in [1.54, 1.807) is 30.3 Å². The maximum Gasteiger partial charge on any atom is 0.405 e. The van der Waals surface area contributed by atoms with Crippen molar-refractivity contribution in [3.8, 4) is 16.9 Å². The number of carboxylic acid groups (broad SMARTS) is 1. The van der Waals surface area contributed by atoms with Crippen LogP contribution in [-0.2, 0) is 35.4 Å². The van der Waals surface area contributed by atoms with Crippen molar-refractivity contribution in [2.24, 2.45) is 0 Å². The van der Waals surface area contributed by atoms with Gasteiger partial charge in [0.05, 0.1) is 19.1 Å². The Bertz CT molecular complexity index is 2230. The van der Waals surface area contributed by atoms with Gasteiger partial charge in [0.15, 0.2) is 11.8 Å². The lowest BCUT2D eigenvalue weighted by molar-refractivity contribution is -0.130. The van der Waals surface area contributed by atoms with E-state index in [0.717, 1.165) is 33.4 Å². The van der Waals surface area contributed by atoms with Crippen LogP contribution in [0.5, 0.6) is 5.75 Å². The number of ether oxygens (including phenoxy) is 1. The van der Waals surface area contributed by atoms with Crippen molar-refractivity contribution in [1.29, 1.82) is 0 Å². The zero-order valence-corrected chi connectivity index (χ0v) is 31.9. The molecule has 0 aliphatic rings. The van der Waals surface area contributed by atoms with Crippen molar-refractivity contribution in [2.45, 2.75) is 70.6 Å². The van der Waals surface area contributed by atoms with Crippen LogP contribution in [0.3, 0.4) is 0 Å². The third-order valence-electron chi connectivity index (χ3n) is 9.69. The number of nitrogen functional groups attached to an aromatic ring is 1. The van der Waals surface area contributed by atoms with Gasteiger partial charge in [-0.05, 0) is 72.2 Å². The van der Waals surface area contributed by atoms with E-state index in [0.29, 0.717) is 42.6 Å². The third kappa shape index (κ3) is 10.6. The number of carbonyl (C=O) groups excluding carboxylic acids is 2. The number of nitrogens with two attached hydrogens (primary N) is 1. The molecule has 3 amide bonds. The maximum atomic E-state index is 14.4. The van der Waals surface area contributed by atoms with Crippen LogP contribution >= 0.6 is 0 Å². The summed E-state index contributed by atoms with van der Waals surface area (Å²) in [6.07, 6.45) is 6.32. The molecule has 0 fully saturated rings. The van der Waals surface area contributed by atoms with Gasteiger partial charge in [0.1, 0.15) is 23.9 Å². The summed E-state index contributed by atoms with van der Waals surface area (Å²) in [6.45, 7) is 4.20. The minimum atomic E-state index is -1.38. The number of anilines is 1. The second-order valence-corrected chi connectivity index (χ2v) is 13.7. The highest BCUT2D eigenvalue weighted by molar-refractivity contribution is 5.91. The van der Waals surface area contributed by atoms with E-state index >= 15 is 0 Å². The van der Waals surface area contributed by atoms with E-state index in [1.807, 2.05) is 68.4 Å². The second kappa shape index (κ2) is 18.6. The molecule has 3 atom stereocenters. The lowest BCUT2D eigenvalue weighted by Gasteiger charge is -2.25. The van der Waals surface area contributed by atoms with E-state index in [2.05, 4.69) is 53.2 Å². The monoisotopic (exact) mass is 774 g/mol. The average molecular weight is 775 g/mol. The summed E-state index contributed by atoms with van der Waals surface area (Å²) >= 11 is 0. The first-order chi connectivity index (χ1) is 27.6. The first kappa shape index (κ1) is 39.7. The molecule has 57 heavy (non-hydrogen) atoms. The van der Waals surface area contributed by atoms with Crippen LogP contribution in [0.2, 0.25) is 0 Å². The molecule has 3 heterocycles. The molecule has 6 rings (SSSR count). The molecule has 2 unspecified atom stereocenters. The SMILES string of the molecule is COc1cc(C)c(CC(NC(=O)C(CCCn2ccnc2N)NC(=O)O)C(=O)N[C@@H](Cc2c[nH]cn2)c2nc(Cc3ccc(-c4ccccc4)cc3)no2)c(C)c1. The second-order valence-electron chi connectivity index (χ2n) is 13.7. The molecule has 0 radical (unpaired) electrons. The molecule has 0 saturated heterocycles. The molecule has 296 valence electrons. The van der Waals surface area contributed by atoms with E-state index in [4.69, 9.17) is 15.0 Å². The van der Waals surface area contributed by atoms with Crippen molar-refractivity contribution in [1.82, 2.24) is 45.6 Å². The maximum absolute atomic E-state index is 14.4. The molecule has 3 aromatic carbocycles. The number of nitrogens with zero attached hydrogens (tertiary/aromatic N) is 5. The Kier molecular flexibility index (Phi) is 12.9. The molecular weight excluding hydrogens is 729 g/mol. The van der Waals surface area contributed by atoms with Crippen LogP contribution < -0.4 is 26.4 Å². The number of hydrogen-bond acceptors (Lipinski definition) is 10. The van der Waals surface area contributed by atoms with Crippen LogP contribution in [-0.4, -0.2) is 71.9 Å². The molecule has 7 N–H and O–H groups in total. The topological polar surface area (TPSA) is 228 Å². The number of hydrogen-bond donors (Lipinski definition) is 6. The Morgan fingerprint density at radius 3 is 2.30 bits per heavy atom. The fourth-order valence-electron chi connectivity index (χ4n) is 6.69. The average Bonchev–Trinajstić information content (AvgIpc) is 3.99. The van der Waals surface area contributed by atoms with Gasteiger partial charge in [0, 0.05) is 44.4 Å². The minimum Gasteiger partial charge on any atom is -0.497 e. The molecule has 16 heteroatoms. The van der Waals surface area contributed by atoms with Crippen molar-refractivity contribution in [3.05, 3.63) is 131 Å². The van der Waals surface area contributed by atoms with E-state index in [-0.39, 0.29) is 25.2 Å². The van der Waals surface area contributed by atoms with Crippen molar-refractivity contribution >= 4 is 23.9 Å². The van der Waals surface area contributed by atoms with Gasteiger partial charge in [-0.15, -0.1) is 0 Å². The summed E-state index contributed by atoms with van der Waals surface area (Å²) in [5.74, 6) is 0.333. The summed E-state index contributed by atoms with van der Waals surface area (Å²) in [5.41, 5.74) is 12.2. The number of nitrogens with one attached hydrogen (secondary N) is 4. The first-order valence-corrected chi connectivity index (χ1v) is 18.5. The van der Waals surface area contributed by atoms with Gasteiger partial charge in [0.25, 0.3) is 0 Å². The molecule has 16 nitrogen and oxygen atoms in total. The van der Waals surface area contributed by atoms with Crippen LogP contribution in [0.4, 0.5) is 10.7 Å². The highest BCUT2D eigenvalue weighted by Gasteiger charge is 2.31. The van der Waals surface area contributed by atoms with E-state index in [9.17, 15) is 19.5 Å². The molecular formula is C41H46N10O6. The van der Waals surface area contributed by atoms with Crippen LogP contribution in [0.25, 0.3) is 11.1 Å². The molecule has 6 aromatic rings. The predicted molar refractivity (Wildman–Crippen MR) is 211 cm³/mol. The zero-order chi connectivity index (χ0) is 40.3. The summed E-state index contributed by atoms with van der Waals surface area (Å²) < 4.78 is 12.9. The predicted octanol–water partition coefficient (Wildman–Crippen LogP) is 4.70. The quantitative estimate of drug-likeness (QED) is 0.0701. The number of aromatic amines is 1. The molecule has 0 aliphatic carbocycles. The highest BCUT2D eigenvalue weighted by Crippen LogP contribution is 2.25. The Hall–Kier alpha value is -6.97. The Morgan fingerprint density at radius 2 is 1.65 bits per heavy atom. The standard InChI is InChI=1S/C41H46N10O6/c1-25-18-31(56-3)19-26(2)32(25)22-34(46-37(52)33(48-41(54)55)10-7-16-51-17-15-44-40(51)42)38(53)47-35(21-30-23-43-24-45-30)39-49-36(50-57-39)20-27-11-13-29(14-12-27)28-8-5-4-6-9-28/h4-6,8-9,11-15,17-19,23-24,33-35,48H,7,10,16,20-22H2,1-3H3,(H2,42,44)(H,43,45)(H,46,52)(H,47,53)(H,54,55)/t33?,34?,35-/m0/s1. The van der Waals surface area contributed by atoms with E-state index in [1.165, 1.54) is 6.33 Å². The molecule has 0 spiro atoms. The molecule has 0 aliphatic heterocycles. The summed E-state index contributed by atoms with van der Waals surface area (Å²) in [5, 5.41) is 22.0. The Morgan fingerprint density at radius 1 is 0.930 bits per heavy atom. The molecule has 3 aromatic heterocycles. The van der Waals surface area contributed by atoms with Crippen molar-refractivity contribution in [2.75, 3.05) is 12.8 Å². The fraction of sp³-hybridized carbons (Fsp3) is 0.293. The summed E-state index contributed by atoms with van der Waals surface area (Å²) in [4.78, 5) is 56.0. The number of benzene rings is 3. The van der Waals surface area contributed by atoms with Gasteiger partial charge in [0.2, 0.25) is 17.7 Å². The van der Waals surface area contributed by atoms with Gasteiger partial charge in [-0.1, -0.05) is 59.8 Å². The number of aryl methyl sites for hydroxylation is 3. The summed E-state index contributed by atoms with van der Waals surface area (Å²) in [7, 11) is 1.57. The lowest BCUT2D eigenvalue weighted by Crippen LogP contribution is -2.55. The normalized spacial score (nSPS) is 12.7. The Balaban J connectivity index is 1.23. The number of methoxy groups -OCH3 is 1. The van der Waals surface area contributed by atoms with Gasteiger partial charge in [-0.2, -0.15) is 4.98 Å². The zero-order valence-electron chi connectivity index (χ0n) is 31.9. The third-order valence-corrected chi connectivity index (χ3v) is 9.69. The van der Waals surface area contributed by atoms with Crippen LogP contribution in [0.1, 0.15) is 58.5 Å². The van der Waals surface area contributed by atoms with Gasteiger partial charge >= 0.3 is 6.09 Å². The number of aromatic nitrogens is 6. The summed E-state index contributed by atoms with van der Waals surface area (Å²) in [6, 6.07) is 18.8. The van der Waals surface area contributed by atoms with Crippen molar-refractivity contribution in [3.63, 3.8) is 0 Å². The van der Waals surface area contributed by atoms with Crippen molar-refractivity contribution < 1.29 is 28.8 Å². The largest absolute Gasteiger partial charge is 0.497 e. The Labute approximate surface area is 329 Å². The first-order valence-electron chi connectivity index (χ1n) is 18.5. The minimum absolute atomic E-state index is 0.0911. The van der Waals surface area contributed by atoms with E-state index < -0.39 is 36.0 Å². The van der Waals surface area contributed by atoms with Gasteiger partial charge in [-0.25, -0.2) is 14.8 Å². The van der Waals surface area contributed by atoms with Crippen LogP contribution in [0, 0.1) is 13.8 Å². The smallest absolute Gasteiger partial charge is 0.405 e. The number of imidazole rings is 2. The number of H-pyrrole nitrogens is 1. The molecule has 0 saturated carbocycles. The van der Waals surface area contributed by atoms with Gasteiger partial charge < -0.3 is 45.6 Å². The van der Waals surface area contributed by atoms with Gasteiger partial charge in [-0.3, -0.25) is 9.59 Å². The number of amides is 3.